The molecule has 2 unspecified atom stereocenters. The smallest absolute Gasteiger partial charge is 0.0212 e. The number of hydrogen-bond acceptors (Lipinski definition) is 1. The molecular weight excluding hydrogens is 134 g/mol. The van der Waals surface area contributed by atoms with E-state index >= 15 is 0 Å². The Hall–Kier alpha value is -0.480. The van der Waals surface area contributed by atoms with Crippen LogP contribution in [0, 0.1) is 18.3 Å². The summed E-state index contributed by atoms with van der Waals surface area (Å²) in [6.07, 6.45) is 10.1. The lowest BCUT2D eigenvalue weighted by atomic mass is 10.1. The van der Waals surface area contributed by atoms with Crippen LogP contribution in [0.1, 0.15) is 32.6 Å². The SMILES string of the molecule is C#CCCNC1CCCC1C. The summed E-state index contributed by atoms with van der Waals surface area (Å²) in [6, 6.07) is 0.739. The summed E-state index contributed by atoms with van der Waals surface area (Å²) in [6.45, 7) is 3.31. The minimum Gasteiger partial charge on any atom is -0.313 e. The van der Waals surface area contributed by atoms with Crippen LogP contribution in [-0.4, -0.2) is 12.6 Å². The number of nitrogens with one attached hydrogen (secondary N) is 1. The molecule has 2 atom stereocenters. The first-order valence-corrected chi connectivity index (χ1v) is 4.51. The van der Waals surface area contributed by atoms with Gasteiger partial charge < -0.3 is 5.32 Å². The maximum absolute atomic E-state index is 5.16. The first kappa shape index (κ1) is 8.62. The predicted octanol–water partition coefficient (Wildman–Crippen LogP) is 1.79. The second-order valence-electron chi connectivity index (χ2n) is 3.42. The fourth-order valence-corrected chi connectivity index (χ4v) is 1.78. The van der Waals surface area contributed by atoms with Gasteiger partial charge >= 0.3 is 0 Å². The second-order valence-corrected chi connectivity index (χ2v) is 3.42. The number of rotatable bonds is 3. The molecule has 1 saturated carbocycles. The Balaban J connectivity index is 2.11. The Labute approximate surface area is 69.6 Å². The molecule has 0 aliphatic heterocycles. The fraction of sp³-hybridized carbons (Fsp3) is 0.800. The van der Waals surface area contributed by atoms with Crippen molar-refractivity contribution in [2.45, 2.75) is 38.6 Å². The van der Waals surface area contributed by atoms with Gasteiger partial charge in [-0.25, -0.2) is 0 Å². The maximum Gasteiger partial charge on any atom is 0.0212 e. The first-order chi connectivity index (χ1) is 5.34. The summed E-state index contributed by atoms with van der Waals surface area (Å²) in [7, 11) is 0. The topological polar surface area (TPSA) is 12.0 Å². The highest BCUT2D eigenvalue weighted by atomic mass is 14.9. The summed E-state index contributed by atoms with van der Waals surface area (Å²) >= 11 is 0. The Morgan fingerprint density at radius 2 is 2.36 bits per heavy atom. The molecule has 1 rings (SSSR count). The third-order valence-electron chi connectivity index (χ3n) is 2.54. The Bertz CT molecular complexity index is 145. The minimum absolute atomic E-state index is 0.739. The third-order valence-corrected chi connectivity index (χ3v) is 2.54. The Morgan fingerprint density at radius 1 is 1.55 bits per heavy atom. The van der Waals surface area contributed by atoms with Gasteiger partial charge in [-0.1, -0.05) is 13.3 Å². The summed E-state index contributed by atoms with van der Waals surface area (Å²) < 4.78 is 0. The van der Waals surface area contributed by atoms with Gasteiger partial charge in [0, 0.05) is 19.0 Å². The highest BCUT2D eigenvalue weighted by Crippen LogP contribution is 2.24. The molecular formula is C10H17N. The van der Waals surface area contributed by atoms with Gasteiger partial charge in [0.05, 0.1) is 0 Å². The van der Waals surface area contributed by atoms with Crippen LogP contribution in [0.5, 0.6) is 0 Å². The number of terminal acetylenes is 1. The Kier molecular flexibility index (Phi) is 3.45. The standard InChI is InChI=1S/C10H17N/c1-3-4-8-11-10-7-5-6-9(10)2/h1,9-11H,4-8H2,2H3. The lowest BCUT2D eigenvalue weighted by molar-refractivity contribution is 0.432. The molecule has 1 nitrogen and oxygen atoms in total. The van der Waals surface area contributed by atoms with Crippen LogP contribution >= 0.6 is 0 Å². The van der Waals surface area contributed by atoms with E-state index in [0.717, 1.165) is 24.9 Å². The highest BCUT2D eigenvalue weighted by Gasteiger charge is 2.21. The van der Waals surface area contributed by atoms with Gasteiger partial charge in [-0.15, -0.1) is 12.3 Å². The van der Waals surface area contributed by atoms with E-state index in [9.17, 15) is 0 Å². The van der Waals surface area contributed by atoms with E-state index in [2.05, 4.69) is 18.2 Å². The highest BCUT2D eigenvalue weighted by molar-refractivity contribution is 4.86. The van der Waals surface area contributed by atoms with Crippen molar-refractivity contribution in [1.29, 1.82) is 0 Å². The molecule has 1 N–H and O–H groups in total. The molecule has 1 aliphatic carbocycles. The molecule has 0 radical (unpaired) electrons. The van der Waals surface area contributed by atoms with Crippen LogP contribution in [0.2, 0.25) is 0 Å². The molecule has 62 valence electrons. The van der Waals surface area contributed by atoms with Crippen LogP contribution in [0.25, 0.3) is 0 Å². The molecule has 0 aromatic rings. The molecule has 0 heterocycles. The zero-order valence-corrected chi connectivity index (χ0v) is 7.27. The molecule has 0 spiro atoms. The molecule has 11 heavy (non-hydrogen) atoms. The van der Waals surface area contributed by atoms with Crippen molar-refractivity contribution < 1.29 is 0 Å². The molecule has 0 aromatic carbocycles. The van der Waals surface area contributed by atoms with Gasteiger partial charge in [0.15, 0.2) is 0 Å². The van der Waals surface area contributed by atoms with E-state index < -0.39 is 0 Å². The van der Waals surface area contributed by atoms with Crippen molar-refractivity contribution in [1.82, 2.24) is 5.32 Å². The molecule has 1 heteroatoms. The third kappa shape index (κ3) is 2.55. The number of hydrogen-bond donors (Lipinski definition) is 1. The van der Waals surface area contributed by atoms with E-state index in [1.54, 1.807) is 0 Å². The van der Waals surface area contributed by atoms with Crippen LogP contribution in [0.4, 0.5) is 0 Å². The summed E-state index contributed by atoms with van der Waals surface area (Å²) in [5, 5.41) is 3.49. The van der Waals surface area contributed by atoms with Crippen molar-refractivity contribution in [3.8, 4) is 12.3 Å². The second kappa shape index (κ2) is 4.41. The average molecular weight is 151 g/mol. The predicted molar refractivity (Wildman–Crippen MR) is 48.3 cm³/mol. The van der Waals surface area contributed by atoms with Crippen LogP contribution in [0.15, 0.2) is 0 Å². The first-order valence-electron chi connectivity index (χ1n) is 4.51. The summed E-state index contributed by atoms with van der Waals surface area (Å²) in [5.74, 6) is 3.50. The fourth-order valence-electron chi connectivity index (χ4n) is 1.78. The maximum atomic E-state index is 5.16. The van der Waals surface area contributed by atoms with E-state index in [1.807, 2.05) is 0 Å². The minimum atomic E-state index is 0.739. The van der Waals surface area contributed by atoms with E-state index in [0.29, 0.717) is 0 Å². The van der Waals surface area contributed by atoms with Crippen molar-refractivity contribution >= 4 is 0 Å². The van der Waals surface area contributed by atoms with Gasteiger partial charge in [0.25, 0.3) is 0 Å². The summed E-state index contributed by atoms with van der Waals surface area (Å²) in [4.78, 5) is 0. The normalized spacial score (nSPS) is 30.2. The van der Waals surface area contributed by atoms with E-state index in [4.69, 9.17) is 6.42 Å². The molecule has 1 fully saturated rings. The quantitative estimate of drug-likeness (QED) is 0.479. The summed E-state index contributed by atoms with van der Waals surface area (Å²) in [5.41, 5.74) is 0. The largest absolute Gasteiger partial charge is 0.313 e. The zero-order valence-electron chi connectivity index (χ0n) is 7.27. The van der Waals surface area contributed by atoms with Crippen molar-refractivity contribution in [3.63, 3.8) is 0 Å². The lowest BCUT2D eigenvalue weighted by Gasteiger charge is -2.15. The molecule has 0 bridgehead atoms. The van der Waals surface area contributed by atoms with Gasteiger partial charge in [-0.3, -0.25) is 0 Å². The van der Waals surface area contributed by atoms with Gasteiger partial charge in [0.2, 0.25) is 0 Å². The van der Waals surface area contributed by atoms with Crippen molar-refractivity contribution in [2.24, 2.45) is 5.92 Å². The van der Waals surface area contributed by atoms with Crippen molar-refractivity contribution in [2.75, 3.05) is 6.54 Å². The van der Waals surface area contributed by atoms with Gasteiger partial charge in [-0.2, -0.15) is 0 Å². The van der Waals surface area contributed by atoms with Crippen LogP contribution < -0.4 is 5.32 Å². The average Bonchev–Trinajstić information content (AvgIpc) is 2.37. The van der Waals surface area contributed by atoms with Crippen LogP contribution in [0.3, 0.4) is 0 Å². The van der Waals surface area contributed by atoms with E-state index in [-0.39, 0.29) is 0 Å². The zero-order chi connectivity index (χ0) is 8.10. The molecule has 0 saturated heterocycles. The van der Waals surface area contributed by atoms with Crippen LogP contribution in [-0.2, 0) is 0 Å². The Morgan fingerprint density at radius 3 is 2.91 bits per heavy atom. The molecule has 1 aliphatic rings. The van der Waals surface area contributed by atoms with Gasteiger partial charge in [0.1, 0.15) is 0 Å². The van der Waals surface area contributed by atoms with E-state index in [1.165, 1.54) is 19.3 Å². The molecule has 0 aromatic heterocycles. The van der Waals surface area contributed by atoms with Gasteiger partial charge in [-0.05, 0) is 18.8 Å². The van der Waals surface area contributed by atoms with Crippen molar-refractivity contribution in [3.05, 3.63) is 0 Å². The monoisotopic (exact) mass is 151 g/mol. The molecule has 0 amide bonds. The lowest BCUT2D eigenvalue weighted by Crippen LogP contribution is -2.31.